The largest absolute Gasteiger partial charge is 0.339 e. The Morgan fingerprint density at radius 3 is 2.73 bits per heavy atom. The van der Waals surface area contributed by atoms with Gasteiger partial charge in [-0.05, 0) is 31.6 Å². The lowest BCUT2D eigenvalue weighted by molar-refractivity contribution is -0.134. The minimum Gasteiger partial charge on any atom is -0.339 e. The monoisotopic (exact) mass is 370 g/mol. The van der Waals surface area contributed by atoms with Gasteiger partial charge < -0.3 is 9.47 Å². The third-order valence-corrected chi connectivity index (χ3v) is 6.76. The van der Waals surface area contributed by atoms with Crippen LogP contribution in [0.2, 0.25) is 0 Å². The van der Waals surface area contributed by atoms with Crippen LogP contribution in [0.4, 0.5) is 0 Å². The molecule has 2 aliphatic rings. The van der Waals surface area contributed by atoms with E-state index >= 15 is 0 Å². The van der Waals surface area contributed by atoms with Crippen molar-refractivity contribution in [1.82, 2.24) is 19.7 Å². The van der Waals surface area contributed by atoms with E-state index in [2.05, 4.69) is 15.1 Å². The van der Waals surface area contributed by atoms with Gasteiger partial charge in [0, 0.05) is 25.2 Å². The molecule has 2 atom stereocenters. The van der Waals surface area contributed by atoms with Crippen molar-refractivity contribution in [1.29, 1.82) is 0 Å². The lowest BCUT2D eigenvalue weighted by Crippen LogP contribution is -2.50. The standard InChI is InChI=1S/C20H26N4OS/c1-23-19(16-9-3-2-4-10-16)21-22-20(23)26-14-18(25)24-13-7-11-15-8-5-6-12-17(15)24/h2-4,9-10,15,17H,5-8,11-14H2,1H3/t15-,17-/m1/s1. The SMILES string of the molecule is Cn1c(SCC(=O)N2CCC[C@H]3CCCC[C@H]32)nnc1-c1ccccc1. The van der Waals surface area contributed by atoms with E-state index in [0.717, 1.165) is 35.4 Å². The van der Waals surface area contributed by atoms with Crippen LogP contribution >= 0.6 is 11.8 Å². The summed E-state index contributed by atoms with van der Waals surface area (Å²) in [7, 11) is 1.97. The number of piperidine rings is 1. The summed E-state index contributed by atoms with van der Waals surface area (Å²) in [6.07, 6.45) is 7.53. The molecule has 0 N–H and O–H groups in total. The summed E-state index contributed by atoms with van der Waals surface area (Å²) in [6, 6.07) is 10.5. The molecule has 138 valence electrons. The fourth-order valence-corrected chi connectivity index (χ4v) is 5.22. The molecule has 2 heterocycles. The van der Waals surface area contributed by atoms with Crippen LogP contribution in [0.15, 0.2) is 35.5 Å². The molecule has 0 spiro atoms. The molecule has 0 bridgehead atoms. The third kappa shape index (κ3) is 3.52. The van der Waals surface area contributed by atoms with E-state index in [9.17, 15) is 4.79 Å². The number of hydrogen-bond donors (Lipinski definition) is 0. The van der Waals surface area contributed by atoms with Gasteiger partial charge in [-0.2, -0.15) is 0 Å². The number of hydrogen-bond acceptors (Lipinski definition) is 4. The number of benzene rings is 1. The number of nitrogens with zero attached hydrogens (tertiary/aromatic N) is 4. The average Bonchev–Trinajstić information content (AvgIpc) is 3.07. The molecule has 26 heavy (non-hydrogen) atoms. The Hall–Kier alpha value is -1.82. The minimum absolute atomic E-state index is 0.260. The first-order valence-electron chi connectivity index (χ1n) is 9.61. The van der Waals surface area contributed by atoms with Crippen molar-refractivity contribution in [2.45, 2.75) is 49.7 Å². The van der Waals surface area contributed by atoms with Crippen molar-refractivity contribution in [3.05, 3.63) is 30.3 Å². The molecule has 0 radical (unpaired) electrons. The number of rotatable bonds is 4. The third-order valence-electron chi connectivity index (χ3n) is 5.76. The maximum Gasteiger partial charge on any atom is 0.233 e. The molecule has 2 fully saturated rings. The van der Waals surface area contributed by atoms with Crippen LogP contribution in [-0.2, 0) is 11.8 Å². The number of carbonyl (C=O) groups excluding carboxylic acids is 1. The van der Waals surface area contributed by atoms with Crippen molar-refractivity contribution < 1.29 is 4.79 Å². The molecule has 0 unspecified atom stereocenters. The van der Waals surface area contributed by atoms with Crippen molar-refractivity contribution in [3.8, 4) is 11.4 Å². The Morgan fingerprint density at radius 1 is 1.12 bits per heavy atom. The van der Waals surface area contributed by atoms with Gasteiger partial charge >= 0.3 is 0 Å². The van der Waals surface area contributed by atoms with E-state index in [4.69, 9.17) is 0 Å². The molecule has 1 aliphatic heterocycles. The summed E-state index contributed by atoms with van der Waals surface area (Å²) in [5, 5.41) is 9.41. The molecular formula is C20H26N4OS. The highest BCUT2D eigenvalue weighted by molar-refractivity contribution is 7.99. The molecule has 1 aliphatic carbocycles. The molecule has 1 aromatic heterocycles. The topological polar surface area (TPSA) is 51.0 Å². The Labute approximate surface area is 159 Å². The quantitative estimate of drug-likeness (QED) is 0.769. The van der Waals surface area contributed by atoms with Crippen LogP contribution in [-0.4, -0.2) is 43.9 Å². The minimum atomic E-state index is 0.260. The summed E-state index contributed by atoms with van der Waals surface area (Å²) in [5.41, 5.74) is 1.04. The van der Waals surface area contributed by atoms with Gasteiger partial charge in [0.25, 0.3) is 0 Å². The van der Waals surface area contributed by atoms with Crippen LogP contribution in [0.1, 0.15) is 38.5 Å². The maximum absolute atomic E-state index is 12.9. The molecule has 1 aromatic carbocycles. The second kappa shape index (κ2) is 7.82. The van der Waals surface area contributed by atoms with E-state index in [0.29, 0.717) is 11.8 Å². The Bertz CT molecular complexity index is 758. The molecule has 1 saturated carbocycles. The first kappa shape index (κ1) is 17.6. The highest BCUT2D eigenvalue weighted by Gasteiger charge is 2.35. The highest BCUT2D eigenvalue weighted by Crippen LogP contribution is 2.35. The molecule has 4 rings (SSSR count). The predicted octanol–water partition coefficient (Wildman–Crippen LogP) is 3.76. The number of carbonyl (C=O) groups is 1. The molecule has 1 saturated heterocycles. The predicted molar refractivity (Wildman–Crippen MR) is 104 cm³/mol. The number of fused-ring (bicyclic) bond motifs is 1. The Kier molecular flexibility index (Phi) is 5.29. The van der Waals surface area contributed by atoms with E-state index in [-0.39, 0.29) is 5.91 Å². The first-order chi connectivity index (χ1) is 12.7. The average molecular weight is 371 g/mol. The van der Waals surface area contributed by atoms with E-state index in [1.54, 1.807) is 0 Å². The van der Waals surface area contributed by atoms with Crippen LogP contribution in [0, 0.1) is 5.92 Å². The number of amides is 1. The summed E-state index contributed by atoms with van der Waals surface area (Å²) < 4.78 is 1.98. The molecular weight excluding hydrogens is 344 g/mol. The van der Waals surface area contributed by atoms with Crippen molar-refractivity contribution >= 4 is 17.7 Å². The Balaban J connectivity index is 1.41. The molecule has 5 nitrogen and oxygen atoms in total. The van der Waals surface area contributed by atoms with Gasteiger partial charge in [-0.25, -0.2) is 0 Å². The van der Waals surface area contributed by atoms with E-state index in [1.165, 1.54) is 43.9 Å². The zero-order valence-electron chi connectivity index (χ0n) is 15.3. The van der Waals surface area contributed by atoms with Gasteiger partial charge in [0.2, 0.25) is 5.91 Å². The fourth-order valence-electron chi connectivity index (χ4n) is 4.42. The van der Waals surface area contributed by atoms with Crippen molar-refractivity contribution in [2.24, 2.45) is 13.0 Å². The van der Waals surface area contributed by atoms with Crippen LogP contribution < -0.4 is 0 Å². The second-order valence-electron chi connectivity index (χ2n) is 7.36. The lowest BCUT2D eigenvalue weighted by Gasteiger charge is -2.44. The van der Waals surface area contributed by atoms with Gasteiger partial charge in [-0.15, -0.1) is 10.2 Å². The first-order valence-corrected chi connectivity index (χ1v) is 10.6. The summed E-state index contributed by atoms with van der Waals surface area (Å²) >= 11 is 1.50. The zero-order valence-corrected chi connectivity index (χ0v) is 16.1. The van der Waals surface area contributed by atoms with Crippen molar-refractivity contribution in [3.63, 3.8) is 0 Å². The summed E-state index contributed by atoms with van der Waals surface area (Å²) in [4.78, 5) is 15.0. The molecule has 6 heteroatoms. The van der Waals surface area contributed by atoms with Gasteiger partial charge in [0.1, 0.15) is 0 Å². The summed E-state index contributed by atoms with van der Waals surface area (Å²) in [6.45, 7) is 0.925. The van der Waals surface area contributed by atoms with E-state index in [1.807, 2.05) is 41.9 Å². The van der Waals surface area contributed by atoms with Crippen LogP contribution in [0.5, 0.6) is 0 Å². The zero-order chi connectivity index (χ0) is 17.9. The second-order valence-corrected chi connectivity index (χ2v) is 8.30. The van der Waals surface area contributed by atoms with Gasteiger partial charge in [-0.1, -0.05) is 54.9 Å². The lowest BCUT2D eigenvalue weighted by atomic mass is 9.78. The highest BCUT2D eigenvalue weighted by atomic mass is 32.2. The molecule has 1 amide bonds. The maximum atomic E-state index is 12.9. The van der Waals surface area contributed by atoms with Gasteiger partial charge in [0.15, 0.2) is 11.0 Å². The van der Waals surface area contributed by atoms with Crippen LogP contribution in [0.3, 0.4) is 0 Å². The normalized spacial score (nSPS) is 22.9. The van der Waals surface area contributed by atoms with Crippen LogP contribution in [0.25, 0.3) is 11.4 Å². The van der Waals surface area contributed by atoms with Gasteiger partial charge in [-0.3, -0.25) is 4.79 Å². The van der Waals surface area contributed by atoms with Crippen molar-refractivity contribution in [2.75, 3.05) is 12.3 Å². The van der Waals surface area contributed by atoms with E-state index < -0.39 is 0 Å². The number of thioether (sulfide) groups is 1. The number of aromatic nitrogens is 3. The summed E-state index contributed by atoms with van der Waals surface area (Å²) in [5.74, 6) is 2.27. The molecule has 2 aromatic rings. The van der Waals surface area contributed by atoms with Gasteiger partial charge in [0.05, 0.1) is 5.75 Å². The fraction of sp³-hybridized carbons (Fsp3) is 0.550. The number of likely N-dealkylation sites (tertiary alicyclic amines) is 1. The Morgan fingerprint density at radius 2 is 1.88 bits per heavy atom. The smallest absolute Gasteiger partial charge is 0.233 e.